The van der Waals surface area contributed by atoms with Crippen LogP contribution >= 0.6 is 0 Å². The lowest BCUT2D eigenvalue weighted by atomic mass is 10.2. The number of hydrogen-bond donors (Lipinski definition) is 1. The highest BCUT2D eigenvalue weighted by atomic mass is 19.4. The predicted octanol–water partition coefficient (Wildman–Crippen LogP) is 2.31. The highest BCUT2D eigenvalue weighted by molar-refractivity contribution is 5.93. The van der Waals surface area contributed by atoms with Crippen LogP contribution in [0.4, 0.5) is 13.2 Å². The highest BCUT2D eigenvalue weighted by Gasteiger charge is 2.37. The molecule has 0 spiro atoms. The van der Waals surface area contributed by atoms with Gasteiger partial charge in [0.05, 0.1) is 0 Å². The summed E-state index contributed by atoms with van der Waals surface area (Å²) in [5.41, 5.74) is -0.491. The molecule has 0 radical (unpaired) electrons. The van der Waals surface area contributed by atoms with Crippen molar-refractivity contribution >= 4 is 11.6 Å². The summed E-state index contributed by atoms with van der Waals surface area (Å²) in [5.74, 6) is -0.422. The zero-order valence-electron chi connectivity index (χ0n) is 14.1. The van der Waals surface area contributed by atoms with Crippen molar-refractivity contribution in [3.8, 4) is 0 Å². The Bertz CT molecular complexity index is 780. The van der Waals surface area contributed by atoms with Gasteiger partial charge in [0.2, 0.25) is 0 Å². The Morgan fingerprint density at radius 1 is 1.36 bits per heavy atom. The number of carbonyl (C=O) groups is 1. The van der Waals surface area contributed by atoms with Crippen molar-refractivity contribution in [2.24, 2.45) is 0 Å². The van der Waals surface area contributed by atoms with Crippen LogP contribution in [-0.2, 0) is 6.18 Å². The lowest BCUT2D eigenvalue weighted by molar-refractivity contribution is -0.142. The number of rotatable bonds is 6. The van der Waals surface area contributed by atoms with Crippen LogP contribution in [0.2, 0.25) is 0 Å². The van der Waals surface area contributed by atoms with E-state index in [1.807, 2.05) is 19.0 Å². The van der Waals surface area contributed by atoms with E-state index < -0.39 is 17.8 Å². The molecule has 1 fully saturated rings. The van der Waals surface area contributed by atoms with E-state index in [1.165, 1.54) is 6.07 Å². The van der Waals surface area contributed by atoms with Crippen LogP contribution in [-0.4, -0.2) is 52.6 Å². The Kier molecular flexibility index (Phi) is 4.68. The number of nitrogens with zero attached hydrogens (tertiary/aromatic N) is 4. The average molecular weight is 355 g/mol. The fourth-order valence-corrected chi connectivity index (χ4v) is 2.58. The molecular formula is C16H20F3N5O. The van der Waals surface area contributed by atoms with Crippen LogP contribution in [0.25, 0.3) is 5.65 Å². The quantitative estimate of drug-likeness (QED) is 0.808. The van der Waals surface area contributed by atoms with Crippen molar-refractivity contribution in [3.05, 3.63) is 29.2 Å². The summed E-state index contributed by atoms with van der Waals surface area (Å²) in [7, 11) is 3.84. The standard InChI is InChI=1S/C16H20F3N5O/c1-23(2)7-3-6-20-15(25)12-9-14-21-11(10-4-5-10)8-13(16(17,18)19)24(14)22-12/h8-10H,3-7H2,1-2H3,(H,20,25). The molecular weight excluding hydrogens is 335 g/mol. The first-order valence-electron chi connectivity index (χ1n) is 8.16. The van der Waals surface area contributed by atoms with Gasteiger partial charge in [0.25, 0.3) is 5.91 Å². The maximum absolute atomic E-state index is 13.3. The van der Waals surface area contributed by atoms with Crippen molar-refractivity contribution in [3.63, 3.8) is 0 Å². The van der Waals surface area contributed by atoms with Crippen molar-refractivity contribution in [2.45, 2.75) is 31.4 Å². The molecule has 1 N–H and O–H groups in total. The molecule has 0 saturated heterocycles. The van der Waals surface area contributed by atoms with Gasteiger partial charge in [-0.1, -0.05) is 0 Å². The van der Waals surface area contributed by atoms with Crippen LogP contribution in [0.1, 0.15) is 47.1 Å². The largest absolute Gasteiger partial charge is 0.433 e. The summed E-state index contributed by atoms with van der Waals surface area (Å²) >= 11 is 0. The van der Waals surface area contributed by atoms with Gasteiger partial charge < -0.3 is 10.2 Å². The number of nitrogens with one attached hydrogen (secondary N) is 1. The topological polar surface area (TPSA) is 62.5 Å². The molecule has 6 nitrogen and oxygen atoms in total. The van der Waals surface area contributed by atoms with E-state index in [-0.39, 0.29) is 17.3 Å². The normalized spacial score (nSPS) is 15.1. The molecule has 136 valence electrons. The summed E-state index contributed by atoms with van der Waals surface area (Å²) in [6.07, 6.45) is -2.14. The van der Waals surface area contributed by atoms with Gasteiger partial charge in [-0.2, -0.15) is 18.3 Å². The number of fused-ring (bicyclic) bond motifs is 1. The predicted molar refractivity (Wildman–Crippen MR) is 85.5 cm³/mol. The van der Waals surface area contributed by atoms with E-state index in [9.17, 15) is 18.0 Å². The third-order valence-corrected chi connectivity index (χ3v) is 4.03. The average Bonchev–Trinajstić information content (AvgIpc) is 3.28. The Morgan fingerprint density at radius 3 is 2.68 bits per heavy atom. The maximum atomic E-state index is 13.3. The SMILES string of the molecule is CN(C)CCCNC(=O)c1cc2nc(C3CC3)cc(C(F)(F)F)n2n1. The van der Waals surface area contributed by atoms with E-state index in [2.05, 4.69) is 15.4 Å². The zero-order chi connectivity index (χ0) is 18.2. The minimum atomic E-state index is -4.56. The lowest BCUT2D eigenvalue weighted by Crippen LogP contribution is -2.27. The van der Waals surface area contributed by atoms with Gasteiger partial charge in [-0.05, 0) is 46.0 Å². The number of aromatic nitrogens is 3. The zero-order valence-corrected chi connectivity index (χ0v) is 14.1. The summed E-state index contributed by atoms with van der Waals surface area (Å²) < 4.78 is 40.7. The van der Waals surface area contributed by atoms with Gasteiger partial charge in [-0.3, -0.25) is 4.79 Å². The van der Waals surface area contributed by atoms with Crippen LogP contribution in [0.5, 0.6) is 0 Å². The Morgan fingerprint density at radius 2 is 2.08 bits per heavy atom. The molecule has 0 atom stereocenters. The summed E-state index contributed by atoms with van der Waals surface area (Å²) in [6, 6.07) is 2.35. The Balaban J connectivity index is 1.84. The van der Waals surface area contributed by atoms with Crippen LogP contribution in [0.15, 0.2) is 12.1 Å². The number of alkyl halides is 3. The van der Waals surface area contributed by atoms with Crippen molar-refractivity contribution in [1.29, 1.82) is 0 Å². The van der Waals surface area contributed by atoms with E-state index in [0.717, 1.165) is 31.9 Å². The molecule has 1 aliphatic carbocycles. The van der Waals surface area contributed by atoms with Gasteiger partial charge in [-0.25, -0.2) is 9.50 Å². The van der Waals surface area contributed by atoms with E-state index in [0.29, 0.717) is 16.8 Å². The molecule has 1 amide bonds. The molecule has 0 aliphatic heterocycles. The number of carbonyl (C=O) groups excluding carboxylic acids is 1. The molecule has 3 rings (SSSR count). The van der Waals surface area contributed by atoms with Crippen LogP contribution < -0.4 is 5.32 Å². The van der Waals surface area contributed by atoms with Gasteiger partial charge in [0.1, 0.15) is 5.69 Å². The first kappa shape index (κ1) is 17.7. The fourth-order valence-electron chi connectivity index (χ4n) is 2.58. The van der Waals surface area contributed by atoms with Gasteiger partial charge in [-0.15, -0.1) is 0 Å². The third kappa shape index (κ3) is 4.09. The molecule has 2 aromatic rings. The molecule has 25 heavy (non-hydrogen) atoms. The highest BCUT2D eigenvalue weighted by Crippen LogP contribution is 2.41. The van der Waals surface area contributed by atoms with Crippen molar-refractivity contribution < 1.29 is 18.0 Å². The summed E-state index contributed by atoms with van der Waals surface area (Å²) in [5, 5.41) is 6.50. The monoisotopic (exact) mass is 355 g/mol. The minimum Gasteiger partial charge on any atom is -0.351 e. The van der Waals surface area contributed by atoms with Crippen molar-refractivity contribution in [1.82, 2.24) is 24.8 Å². The lowest BCUT2D eigenvalue weighted by Gasteiger charge is -2.10. The Labute approximate surface area is 143 Å². The second kappa shape index (κ2) is 6.62. The molecule has 0 unspecified atom stereocenters. The van der Waals surface area contributed by atoms with E-state index >= 15 is 0 Å². The van der Waals surface area contributed by atoms with E-state index in [1.54, 1.807) is 0 Å². The van der Waals surface area contributed by atoms with Crippen LogP contribution in [0, 0.1) is 0 Å². The summed E-state index contributed by atoms with van der Waals surface area (Å²) in [6.45, 7) is 1.23. The number of amides is 1. The summed E-state index contributed by atoms with van der Waals surface area (Å²) in [4.78, 5) is 18.4. The van der Waals surface area contributed by atoms with E-state index in [4.69, 9.17) is 0 Å². The molecule has 1 saturated carbocycles. The molecule has 9 heteroatoms. The Hall–Kier alpha value is -2.16. The second-order valence-corrected chi connectivity index (χ2v) is 6.55. The number of halogens is 3. The van der Waals surface area contributed by atoms with Gasteiger partial charge in [0, 0.05) is 24.2 Å². The smallest absolute Gasteiger partial charge is 0.351 e. The molecule has 0 bridgehead atoms. The van der Waals surface area contributed by atoms with Gasteiger partial charge >= 0.3 is 6.18 Å². The minimum absolute atomic E-state index is 0.0511. The van der Waals surface area contributed by atoms with Crippen LogP contribution in [0.3, 0.4) is 0 Å². The second-order valence-electron chi connectivity index (χ2n) is 6.55. The maximum Gasteiger partial charge on any atom is 0.433 e. The number of hydrogen-bond acceptors (Lipinski definition) is 4. The van der Waals surface area contributed by atoms with Gasteiger partial charge in [0.15, 0.2) is 11.3 Å². The molecule has 1 aliphatic rings. The molecule has 2 aromatic heterocycles. The first-order chi connectivity index (χ1) is 11.8. The molecule has 0 aromatic carbocycles. The first-order valence-corrected chi connectivity index (χ1v) is 8.16. The molecule has 2 heterocycles. The third-order valence-electron chi connectivity index (χ3n) is 4.03. The fraction of sp³-hybridized carbons (Fsp3) is 0.562. The van der Waals surface area contributed by atoms with Crippen molar-refractivity contribution in [2.75, 3.05) is 27.2 Å².